The quantitative estimate of drug-likeness (QED) is 0.448. The first kappa shape index (κ1) is 25.3. The SMILES string of the molecule is CC[C@H]1COC(=O)C[C@@H]1[C@H](/C=C/N(C(=O)OC(C)(C)C)c1ccc(OC)cc1)c1ccccc1. The van der Waals surface area contributed by atoms with Crippen LogP contribution in [0.25, 0.3) is 0 Å². The largest absolute Gasteiger partial charge is 0.497 e. The van der Waals surface area contributed by atoms with E-state index in [4.69, 9.17) is 14.2 Å². The monoisotopic (exact) mass is 465 g/mol. The molecule has 0 aromatic heterocycles. The second-order valence-corrected chi connectivity index (χ2v) is 9.55. The first-order valence-electron chi connectivity index (χ1n) is 11.8. The number of hydrogen-bond acceptors (Lipinski definition) is 5. The van der Waals surface area contributed by atoms with Crippen LogP contribution < -0.4 is 9.64 Å². The first-order chi connectivity index (χ1) is 16.2. The van der Waals surface area contributed by atoms with Crippen molar-refractivity contribution < 1.29 is 23.8 Å². The molecular formula is C28H35NO5. The average molecular weight is 466 g/mol. The molecule has 2 aromatic rings. The van der Waals surface area contributed by atoms with Crippen LogP contribution in [0.15, 0.2) is 66.9 Å². The number of carbonyl (C=O) groups is 2. The first-order valence-corrected chi connectivity index (χ1v) is 11.8. The van der Waals surface area contributed by atoms with Crippen molar-refractivity contribution in [1.82, 2.24) is 0 Å². The van der Waals surface area contributed by atoms with Crippen LogP contribution in [0.2, 0.25) is 0 Å². The van der Waals surface area contributed by atoms with Gasteiger partial charge in [0.1, 0.15) is 11.4 Å². The van der Waals surface area contributed by atoms with Crippen LogP contribution in [-0.2, 0) is 14.3 Å². The van der Waals surface area contributed by atoms with Crippen LogP contribution in [0.1, 0.15) is 52.0 Å². The number of hydrogen-bond donors (Lipinski definition) is 0. The van der Waals surface area contributed by atoms with Crippen molar-refractivity contribution >= 4 is 17.7 Å². The fourth-order valence-electron chi connectivity index (χ4n) is 4.24. The van der Waals surface area contributed by atoms with E-state index in [2.05, 4.69) is 19.1 Å². The Labute approximate surface area is 202 Å². The number of ether oxygens (including phenoxy) is 3. The summed E-state index contributed by atoms with van der Waals surface area (Å²) in [6, 6.07) is 17.3. The molecule has 6 heteroatoms. The maximum absolute atomic E-state index is 13.2. The molecular weight excluding hydrogens is 430 g/mol. The molecule has 0 N–H and O–H groups in total. The highest BCUT2D eigenvalue weighted by molar-refractivity contribution is 5.90. The molecule has 0 saturated carbocycles. The Balaban J connectivity index is 2.00. The Morgan fingerprint density at radius 3 is 2.41 bits per heavy atom. The normalized spacial score (nSPS) is 19.4. The Morgan fingerprint density at radius 1 is 1.15 bits per heavy atom. The van der Waals surface area contributed by atoms with Gasteiger partial charge in [-0.1, -0.05) is 43.3 Å². The predicted octanol–water partition coefficient (Wildman–Crippen LogP) is 6.32. The summed E-state index contributed by atoms with van der Waals surface area (Å²) < 4.78 is 16.3. The third-order valence-corrected chi connectivity index (χ3v) is 6.02. The number of allylic oxidation sites excluding steroid dienone is 1. The van der Waals surface area contributed by atoms with Gasteiger partial charge < -0.3 is 14.2 Å². The third-order valence-electron chi connectivity index (χ3n) is 6.02. The average Bonchev–Trinajstić information content (AvgIpc) is 2.81. The van der Waals surface area contributed by atoms with Crippen molar-refractivity contribution in [2.75, 3.05) is 18.6 Å². The van der Waals surface area contributed by atoms with Crippen molar-refractivity contribution in [2.24, 2.45) is 11.8 Å². The molecule has 0 spiro atoms. The van der Waals surface area contributed by atoms with Crippen LogP contribution in [0.5, 0.6) is 5.75 Å². The maximum Gasteiger partial charge on any atom is 0.418 e. The molecule has 2 aromatic carbocycles. The van der Waals surface area contributed by atoms with E-state index in [1.165, 1.54) is 4.90 Å². The highest BCUT2D eigenvalue weighted by Gasteiger charge is 2.35. The molecule has 1 saturated heterocycles. The predicted molar refractivity (Wildman–Crippen MR) is 133 cm³/mol. The van der Waals surface area contributed by atoms with E-state index in [1.54, 1.807) is 25.4 Å². The van der Waals surface area contributed by atoms with E-state index < -0.39 is 11.7 Å². The zero-order chi connectivity index (χ0) is 24.7. The third kappa shape index (κ3) is 6.62. The van der Waals surface area contributed by atoms with E-state index in [9.17, 15) is 9.59 Å². The van der Waals surface area contributed by atoms with E-state index >= 15 is 0 Å². The number of cyclic esters (lactones) is 1. The molecule has 3 atom stereocenters. The zero-order valence-electron chi connectivity index (χ0n) is 20.7. The molecule has 182 valence electrons. The number of anilines is 1. The topological polar surface area (TPSA) is 65.1 Å². The van der Waals surface area contributed by atoms with E-state index in [1.807, 2.05) is 57.2 Å². The second-order valence-electron chi connectivity index (χ2n) is 9.55. The standard InChI is InChI=1S/C28H35NO5/c1-6-20-19-33-26(30)18-25(20)24(21-10-8-7-9-11-21)16-17-29(27(31)34-28(2,3)4)22-12-14-23(32-5)15-13-22/h7-17,20,24-25H,6,18-19H2,1-5H3/b17-16+/t20-,24+,25-/m0/s1. The lowest BCUT2D eigenvalue weighted by molar-refractivity contribution is -0.153. The molecule has 1 aliphatic heterocycles. The van der Waals surface area contributed by atoms with Gasteiger partial charge in [-0.3, -0.25) is 9.69 Å². The van der Waals surface area contributed by atoms with Crippen LogP contribution in [0.3, 0.4) is 0 Å². The van der Waals surface area contributed by atoms with Crippen LogP contribution in [0, 0.1) is 11.8 Å². The van der Waals surface area contributed by atoms with Gasteiger partial charge >= 0.3 is 12.1 Å². The van der Waals surface area contributed by atoms with Crippen molar-refractivity contribution in [3.05, 3.63) is 72.4 Å². The molecule has 1 heterocycles. The number of benzene rings is 2. The summed E-state index contributed by atoms with van der Waals surface area (Å²) >= 11 is 0. The summed E-state index contributed by atoms with van der Waals surface area (Å²) in [7, 11) is 1.60. The van der Waals surface area contributed by atoms with Crippen LogP contribution >= 0.6 is 0 Å². The van der Waals surface area contributed by atoms with Crippen molar-refractivity contribution in [2.45, 2.75) is 52.1 Å². The lowest BCUT2D eigenvalue weighted by atomic mass is 9.74. The highest BCUT2D eigenvalue weighted by Crippen LogP contribution is 2.39. The molecule has 3 rings (SSSR count). The molecule has 1 fully saturated rings. The Hall–Kier alpha value is -3.28. The number of amides is 1. The molecule has 0 bridgehead atoms. The minimum Gasteiger partial charge on any atom is -0.497 e. The van der Waals surface area contributed by atoms with Gasteiger partial charge in [0.25, 0.3) is 0 Å². The number of methoxy groups -OCH3 is 1. The van der Waals surface area contributed by atoms with E-state index in [-0.39, 0.29) is 23.7 Å². The van der Waals surface area contributed by atoms with Gasteiger partial charge in [0.2, 0.25) is 0 Å². The maximum atomic E-state index is 13.2. The summed E-state index contributed by atoms with van der Waals surface area (Å²) in [5.41, 5.74) is 1.11. The van der Waals surface area contributed by atoms with Crippen LogP contribution in [-0.4, -0.2) is 31.4 Å². The Morgan fingerprint density at radius 2 is 1.82 bits per heavy atom. The summed E-state index contributed by atoms with van der Waals surface area (Å²) in [6.45, 7) is 8.06. The van der Waals surface area contributed by atoms with Crippen molar-refractivity contribution in [3.8, 4) is 5.75 Å². The molecule has 0 aliphatic carbocycles. The summed E-state index contributed by atoms with van der Waals surface area (Å²) in [5.74, 6) is 0.765. The number of nitrogens with zero attached hydrogens (tertiary/aromatic N) is 1. The van der Waals surface area contributed by atoms with E-state index in [0.29, 0.717) is 24.5 Å². The fraction of sp³-hybridized carbons (Fsp3) is 0.429. The molecule has 6 nitrogen and oxygen atoms in total. The molecule has 1 aliphatic rings. The van der Waals surface area contributed by atoms with Crippen molar-refractivity contribution in [1.29, 1.82) is 0 Å². The van der Waals surface area contributed by atoms with Gasteiger partial charge in [0.15, 0.2) is 0 Å². The van der Waals surface area contributed by atoms with Gasteiger partial charge in [-0.25, -0.2) is 4.79 Å². The minimum absolute atomic E-state index is 0.0674. The summed E-state index contributed by atoms with van der Waals surface area (Å²) in [4.78, 5) is 26.9. The molecule has 0 unspecified atom stereocenters. The van der Waals surface area contributed by atoms with Gasteiger partial charge in [0, 0.05) is 18.5 Å². The Kier molecular flexibility index (Phi) is 8.37. The molecule has 1 amide bonds. The molecule has 34 heavy (non-hydrogen) atoms. The van der Waals surface area contributed by atoms with Crippen molar-refractivity contribution in [3.63, 3.8) is 0 Å². The number of carbonyl (C=O) groups excluding carboxylic acids is 2. The number of rotatable bonds is 7. The van der Waals surface area contributed by atoms with Crippen LogP contribution in [0.4, 0.5) is 10.5 Å². The van der Waals surface area contributed by atoms with Gasteiger partial charge in [-0.05, 0) is 68.9 Å². The van der Waals surface area contributed by atoms with Gasteiger partial charge in [-0.15, -0.1) is 0 Å². The fourth-order valence-corrected chi connectivity index (χ4v) is 4.24. The summed E-state index contributed by atoms with van der Waals surface area (Å²) in [6.07, 6.45) is 4.55. The smallest absolute Gasteiger partial charge is 0.418 e. The van der Waals surface area contributed by atoms with E-state index in [0.717, 1.165) is 12.0 Å². The molecule has 0 radical (unpaired) electrons. The highest BCUT2D eigenvalue weighted by atomic mass is 16.6. The lowest BCUT2D eigenvalue weighted by Gasteiger charge is -2.35. The summed E-state index contributed by atoms with van der Waals surface area (Å²) in [5, 5.41) is 0. The minimum atomic E-state index is -0.644. The Bertz CT molecular complexity index is 978. The zero-order valence-corrected chi connectivity index (χ0v) is 20.7. The number of esters is 1. The lowest BCUT2D eigenvalue weighted by Crippen LogP contribution is -2.35. The van der Waals surface area contributed by atoms with Gasteiger partial charge in [0.05, 0.1) is 19.4 Å². The second kappa shape index (κ2) is 11.2. The van der Waals surface area contributed by atoms with Gasteiger partial charge in [-0.2, -0.15) is 0 Å².